The van der Waals surface area contributed by atoms with Gasteiger partial charge in [0.05, 0.1) is 11.4 Å². The molecule has 0 spiro atoms. The Bertz CT molecular complexity index is 545. The van der Waals surface area contributed by atoms with Crippen LogP contribution in [0.3, 0.4) is 0 Å². The highest BCUT2D eigenvalue weighted by molar-refractivity contribution is 5.31. The smallest absolute Gasteiger partial charge is 0.123 e. The van der Waals surface area contributed by atoms with Crippen LogP contribution >= 0.6 is 0 Å². The molecule has 0 saturated carbocycles. The van der Waals surface area contributed by atoms with Crippen molar-refractivity contribution in [2.75, 3.05) is 7.05 Å². The van der Waals surface area contributed by atoms with Crippen LogP contribution in [0.1, 0.15) is 26.5 Å². The van der Waals surface area contributed by atoms with Gasteiger partial charge in [0.15, 0.2) is 0 Å². The van der Waals surface area contributed by atoms with Gasteiger partial charge in [-0.05, 0) is 50.2 Å². The second-order valence-electron chi connectivity index (χ2n) is 5.63. The molecular formula is C16H22FN3. The highest BCUT2D eigenvalue weighted by Crippen LogP contribution is 2.13. The van der Waals surface area contributed by atoms with E-state index in [0.717, 1.165) is 17.9 Å². The van der Waals surface area contributed by atoms with Crippen LogP contribution in [0.25, 0.3) is 5.69 Å². The number of hydrogen-bond acceptors (Lipinski definition) is 2. The Morgan fingerprint density at radius 3 is 2.40 bits per heavy atom. The minimum atomic E-state index is -0.230. The summed E-state index contributed by atoms with van der Waals surface area (Å²) < 4.78 is 14.7. The summed E-state index contributed by atoms with van der Waals surface area (Å²) in [6.45, 7) is 7.48. The lowest BCUT2D eigenvalue weighted by Gasteiger charge is -2.26. The molecule has 0 aliphatic heterocycles. The zero-order valence-corrected chi connectivity index (χ0v) is 12.5. The number of halogens is 1. The fourth-order valence-corrected chi connectivity index (χ4v) is 2.09. The maximum atomic E-state index is 12.9. The van der Waals surface area contributed by atoms with E-state index < -0.39 is 0 Å². The molecule has 2 aromatic rings. The molecule has 1 aromatic carbocycles. The van der Waals surface area contributed by atoms with Gasteiger partial charge in [0.1, 0.15) is 5.82 Å². The first-order valence-electron chi connectivity index (χ1n) is 6.98. The van der Waals surface area contributed by atoms with Crippen LogP contribution in [0, 0.1) is 11.7 Å². The molecule has 108 valence electrons. The third-order valence-corrected chi connectivity index (χ3v) is 3.81. The molecule has 1 heterocycles. The van der Waals surface area contributed by atoms with Crippen LogP contribution in [-0.4, -0.2) is 27.8 Å². The van der Waals surface area contributed by atoms with Crippen LogP contribution in [0.15, 0.2) is 36.5 Å². The second-order valence-corrected chi connectivity index (χ2v) is 5.63. The zero-order chi connectivity index (χ0) is 14.7. The topological polar surface area (TPSA) is 21.1 Å². The van der Waals surface area contributed by atoms with Crippen LogP contribution in [-0.2, 0) is 6.54 Å². The van der Waals surface area contributed by atoms with Gasteiger partial charge in [0, 0.05) is 18.8 Å². The van der Waals surface area contributed by atoms with E-state index in [0.29, 0.717) is 12.0 Å². The predicted molar refractivity (Wildman–Crippen MR) is 79.3 cm³/mol. The van der Waals surface area contributed by atoms with E-state index in [1.54, 1.807) is 16.8 Å². The Morgan fingerprint density at radius 2 is 1.80 bits per heavy atom. The van der Waals surface area contributed by atoms with Crippen molar-refractivity contribution < 1.29 is 4.39 Å². The van der Waals surface area contributed by atoms with Crippen molar-refractivity contribution >= 4 is 0 Å². The van der Waals surface area contributed by atoms with Gasteiger partial charge in [-0.15, -0.1) is 0 Å². The largest absolute Gasteiger partial charge is 0.298 e. The molecule has 4 heteroatoms. The van der Waals surface area contributed by atoms with Crippen molar-refractivity contribution in [3.8, 4) is 5.69 Å². The lowest BCUT2D eigenvalue weighted by molar-refractivity contribution is 0.198. The Hall–Kier alpha value is -1.68. The van der Waals surface area contributed by atoms with Crippen molar-refractivity contribution in [2.45, 2.75) is 33.4 Å². The molecule has 0 fully saturated rings. The minimum absolute atomic E-state index is 0.230. The van der Waals surface area contributed by atoms with Gasteiger partial charge in [-0.1, -0.05) is 13.8 Å². The summed E-state index contributed by atoms with van der Waals surface area (Å²) >= 11 is 0. The SMILES string of the molecule is CC(C)[C@@H](C)N(C)Cc1ccn(-c2ccc(F)cc2)n1. The summed E-state index contributed by atoms with van der Waals surface area (Å²) in [5, 5.41) is 4.54. The van der Waals surface area contributed by atoms with Gasteiger partial charge < -0.3 is 0 Å². The third-order valence-electron chi connectivity index (χ3n) is 3.81. The van der Waals surface area contributed by atoms with Gasteiger partial charge in [-0.3, -0.25) is 4.90 Å². The van der Waals surface area contributed by atoms with Gasteiger partial charge in [-0.2, -0.15) is 5.10 Å². The molecule has 0 saturated heterocycles. The zero-order valence-electron chi connectivity index (χ0n) is 12.5. The van der Waals surface area contributed by atoms with E-state index in [4.69, 9.17) is 0 Å². The lowest BCUT2D eigenvalue weighted by atomic mass is 10.1. The highest BCUT2D eigenvalue weighted by Gasteiger charge is 2.14. The summed E-state index contributed by atoms with van der Waals surface area (Å²) in [6.07, 6.45) is 1.91. The Morgan fingerprint density at radius 1 is 1.15 bits per heavy atom. The predicted octanol–water partition coefficient (Wildman–Crippen LogP) is 3.49. The quantitative estimate of drug-likeness (QED) is 0.833. The molecule has 2 rings (SSSR count). The standard InChI is InChI=1S/C16H22FN3/c1-12(2)13(3)19(4)11-15-9-10-20(18-15)16-7-5-14(17)6-8-16/h5-10,12-13H,11H2,1-4H3/t13-/m1/s1. The Kier molecular flexibility index (Phi) is 4.55. The second kappa shape index (κ2) is 6.18. The molecule has 0 N–H and O–H groups in total. The van der Waals surface area contributed by atoms with E-state index >= 15 is 0 Å². The van der Waals surface area contributed by atoms with E-state index in [1.807, 2.05) is 12.3 Å². The average molecular weight is 275 g/mol. The Balaban J connectivity index is 2.07. The highest BCUT2D eigenvalue weighted by atomic mass is 19.1. The molecular weight excluding hydrogens is 253 g/mol. The summed E-state index contributed by atoms with van der Waals surface area (Å²) in [5.41, 5.74) is 1.89. The van der Waals surface area contributed by atoms with E-state index in [1.165, 1.54) is 12.1 Å². The molecule has 1 aromatic heterocycles. The lowest BCUT2D eigenvalue weighted by Crippen LogP contribution is -2.32. The van der Waals surface area contributed by atoms with Gasteiger partial charge >= 0.3 is 0 Å². The van der Waals surface area contributed by atoms with E-state index in [-0.39, 0.29) is 5.82 Å². The average Bonchev–Trinajstić information content (AvgIpc) is 2.87. The monoisotopic (exact) mass is 275 g/mol. The third kappa shape index (κ3) is 3.45. The molecule has 0 amide bonds. The first-order valence-corrected chi connectivity index (χ1v) is 6.98. The fraction of sp³-hybridized carbons (Fsp3) is 0.438. The number of rotatable bonds is 5. The van der Waals surface area contributed by atoms with Crippen molar-refractivity contribution in [2.24, 2.45) is 5.92 Å². The maximum absolute atomic E-state index is 12.9. The number of aromatic nitrogens is 2. The first kappa shape index (κ1) is 14.7. The van der Waals surface area contributed by atoms with E-state index in [2.05, 4.69) is 37.8 Å². The molecule has 0 radical (unpaired) electrons. The number of nitrogens with zero attached hydrogens (tertiary/aromatic N) is 3. The molecule has 0 bridgehead atoms. The summed E-state index contributed by atoms with van der Waals surface area (Å²) in [6, 6.07) is 8.87. The van der Waals surface area contributed by atoms with Crippen LogP contribution in [0.4, 0.5) is 4.39 Å². The summed E-state index contributed by atoms with van der Waals surface area (Å²) in [7, 11) is 2.11. The maximum Gasteiger partial charge on any atom is 0.123 e. The van der Waals surface area contributed by atoms with Crippen LogP contribution in [0.2, 0.25) is 0 Å². The normalized spacial score (nSPS) is 13.2. The van der Waals surface area contributed by atoms with Crippen molar-refractivity contribution in [1.29, 1.82) is 0 Å². The van der Waals surface area contributed by atoms with Crippen molar-refractivity contribution in [1.82, 2.24) is 14.7 Å². The van der Waals surface area contributed by atoms with Crippen molar-refractivity contribution in [3.63, 3.8) is 0 Å². The van der Waals surface area contributed by atoms with Gasteiger partial charge in [0.25, 0.3) is 0 Å². The molecule has 0 unspecified atom stereocenters. The summed E-state index contributed by atoms with van der Waals surface area (Å²) in [5.74, 6) is 0.380. The van der Waals surface area contributed by atoms with Crippen molar-refractivity contribution in [3.05, 3.63) is 48.0 Å². The van der Waals surface area contributed by atoms with Crippen LogP contribution < -0.4 is 0 Å². The molecule has 1 atom stereocenters. The minimum Gasteiger partial charge on any atom is -0.298 e. The molecule has 0 aliphatic carbocycles. The summed E-state index contributed by atoms with van der Waals surface area (Å²) in [4.78, 5) is 2.29. The fourth-order valence-electron chi connectivity index (χ4n) is 2.09. The van der Waals surface area contributed by atoms with Gasteiger partial charge in [-0.25, -0.2) is 9.07 Å². The van der Waals surface area contributed by atoms with Gasteiger partial charge in [0.2, 0.25) is 0 Å². The molecule has 3 nitrogen and oxygen atoms in total. The van der Waals surface area contributed by atoms with E-state index in [9.17, 15) is 4.39 Å². The molecule has 20 heavy (non-hydrogen) atoms. The Labute approximate surface area is 120 Å². The van der Waals surface area contributed by atoms with Crippen LogP contribution in [0.5, 0.6) is 0 Å². The number of benzene rings is 1. The molecule has 0 aliphatic rings. The number of hydrogen-bond donors (Lipinski definition) is 0. The first-order chi connectivity index (χ1) is 9.47.